The van der Waals surface area contributed by atoms with Crippen LogP contribution in [-0.2, 0) is 10.2 Å². The van der Waals surface area contributed by atoms with E-state index in [1.165, 1.54) is 0 Å². The van der Waals surface area contributed by atoms with Crippen LogP contribution in [0.5, 0.6) is 5.75 Å². The van der Waals surface area contributed by atoms with Gasteiger partial charge in [-0.25, -0.2) is 9.97 Å². The van der Waals surface area contributed by atoms with Gasteiger partial charge in [0, 0.05) is 6.20 Å². The SMILES string of the molecule is COc1ccc(-n2cnc([C@]3(C(=O)O)CC3CCCN)c2)nc1. The molecule has 2 atom stereocenters. The number of imidazole rings is 1. The first-order valence-electron chi connectivity index (χ1n) is 7.60. The number of carboxylic acids is 1. The number of hydrogen-bond donors (Lipinski definition) is 2. The minimum atomic E-state index is -0.868. The second-order valence-electron chi connectivity index (χ2n) is 5.83. The van der Waals surface area contributed by atoms with E-state index < -0.39 is 11.4 Å². The molecule has 0 saturated heterocycles. The summed E-state index contributed by atoms with van der Waals surface area (Å²) in [4.78, 5) is 20.4. The lowest BCUT2D eigenvalue weighted by atomic mass is 9.98. The van der Waals surface area contributed by atoms with Gasteiger partial charge in [-0.1, -0.05) is 0 Å². The zero-order valence-electron chi connectivity index (χ0n) is 13.0. The maximum Gasteiger partial charge on any atom is 0.316 e. The molecule has 1 aliphatic carbocycles. The summed E-state index contributed by atoms with van der Waals surface area (Å²) in [5.41, 5.74) is 5.25. The Bertz CT molecular complexity index is 698. The van der Waals surface area contributed by atoms with Gasteiger partial charge in [-0.15, -0.1) is 0 Å². The van der Waals surface area contributed by atoms with E-state index in [0.29, 0.717) is 30.2 Å². The number of pyridine rings is 1. The van der Waals surface area contributed by atoms with Crippen LogP contribution in [0.15, 0.2) is 30.9 Å². The first-order chi connectivity index (χ1) is 11.1. The van der Waals surface area contributed by atoms with Crippen molar-refractivity contribution in [1.29, 1.82) is 0 Å². The molecular weight excluding hydrogens is 296 g/mol. The lowest BCUT2D eigenvalue weighted by Crippen LogP contribution is -2.23. The van der Waals surface area contributed by atoms with Crippen LogP contribution in [-0.4, -0.2) is 39.3 Å². The van der Waals surface area contributed by atoms with Gasteiger partial charge in [-0.05, 0) is 43.9 Å². The van der Waals surface area contributed by atoms with E-state index in [1.807, 2.05) is 0 Å². The number of hydrogen-bond acceptors (Lipinski definition) is 5. The Balaban J connectivity index is 1.84. The van der Waals surface area contributed by atoms with E-state index >= 15 is 0 Å². The summed E-state index contributed by atoms with van der Waals surface area (Å²) in [6.07, 6.45) is 7.24. The third-order valence-corrected chi connectivity index (χ3v) is 4.50. The van der Waals surface area contributed by atoms with Crippen LogP contribution in [0.4, 0.5) is 0 Å². The number of carbonyl (C=O) groups is 1. The zero-order valence-corrected chi connectivity index (χ0v) is 13.0. The Labute approximate surface area is 134 Å². The van der Waals surface area contributed by atoms with Crippen molar-refractivity contribution in [2.75, 3.05) is 13.7 Å². The maximum atomic E-state index is 11.8. The molecule has 2 aromatic rings. The highest BCUT2D eigenvalue weighted by atomic mass is 16.5. The summed E-state index contributed by atoms with van der Waals surface area (Å²) in [5, 5.41) is 9.66. The highest BCUT2D eigenvalue weighted by molar-refractivity contribution is 5.85. The highest BCUT2D eigenvalue weighted by Crippen LogP contribution is 2.56. The molecule has 1 fully saturated rings. The number of aliphatic carboxylic acids is 1. The van der Waals surface area contributed by atoms with Crippen LogP contribution in [0.3, 0.4) is 0 Å². The summed E-state index contributed by atoms with van der Waals surface area (Å²) in [7, 11) is 1.58. The molecule has 0 spiro atoms. The fraction of sp³-hybridized carbons (Fsp3) is 0.438. The summed E-state index contributed by atoms with van der Waals surface area (Å²) in [5.74, 6) is 0.632. The van der Waals surface area contributed by atoms with Crippen molar-refractivity contribution in [2.24, 2.45) is 11.7 Å². The Hall–Kier alpha value is -2.41. The molecule has 23 heavy (non-hydrogen) atoms. The fourth-order valence-electron chi connectivity index (χ4n) is 3.05. The van der Waals surface area contributed by atoms with Gasteiger partial charge in [0.15, 0.2) is 0 Å². The van der Waals surface area contributed by atoms with E-state index in [2.05, 4.69) is 9.97 Å². The molecule has 3 N–H and O–H groups in total. The van der Waals surface area contributed by atoms with Crippen LogP contribution >= 0.6 is 0 Å². The minimum Gasteiger partial charge on any atom is -0.495 e. The highest BCUT2D eigenvalue weighted by Gasteiger charge is 2.62. The number of nitrogens with zero attached hydrogens (tertiary/aromatic N) is 3. The Morgan fingerprint density at radius 1 is 1.52 bits per heavy atom. The van der Waals surface area contributed by atoms with E-state index in [0.717, 1.165) is 12.8 Å². The molecule has 2 aromatic heterocycles. The molecule has 3 rings (SSSR count). The molecule has 0 bridgehead atoms. The van der Waals surface area contributed by atoms with Crippen molar-refractivity contribution in [3.63, 3.8) is 0 Å². The number of rotatable bonds is 7. The average Bonchev–Trinajstić information content (AvgIpc) is 3.10. The van der Waals surface area contributed by atoms with E-state index in [9.17, 15) is 9.90 Å². The average molecular weight is 316 g/mol. The largest absolute Gasteiger partial charge is 0.495 e. The molecule has 0 radical (unpaired) electrons. The van der Waals surface area contributed by atoms with Crippen molar-refractivity contribution >= 4 is 5.97 Å². The van der Waals surface area contributed by atoms with Gasteiger partial charge < -0.3 is 15.6 Å². The molecule has 0 aromatic carbocycles. The normalized spacial score (nSPS) is 22.8. The summed E-state index contributed by atoms with van der Waals surface area (Å²) in [6, 6.07) is 3.60. The third kappa shape index (κ3) is 2.68. The molecule has 2 heterocycles. The zero-order chi connectivity index (χ0) is 16.4. The van der Waals surface area contributed by atoms with Crippen LogP contribution < -0.4 is 10.5 Å². The Morgan fingerprint density at radius 3 is 2.96 bits per heavy atom. The lowest BCUT2D eigenvalue weighted by molar-refractivity contribution is -0.140. The van der Waals surface area contributed by atoms with Gasteiger partial charge in [0.2, 0.25) is 0 Å². The predicted octanol–water partition coefficient (Wildman–Crippen LogP) is 1.36. The molecule has 122 valence electrons. The third-order valence-electron chi connectivity index (χ3n) is 4.50. The van der Waals surface area contributed by atoms with E-state index in [4.69, 9.17) is 10.5 Å². The topological polar surface area (TPSA) is 103 Å². The van der Waals surface area contributed by atoms with Crippen molar-refractivity contribution in [2.45, 2.75) is 24.7 Å². The van der Waals surface area contributed by atoms with Crippen LogP contribution in [0, 0.1) is 5.92 Å². The predicted molar refractivity (Wildman–Crippen MR) is 83.6 cm³/mol. The molecule has 0 amide bonds. The van der Waals surface area contributed by atoms with Gasteiger partial charge in [-0.2, -0.15) is 0 Å². The van der Waals surface area contributed by atoms with Crippen LogP contribution in [0.2, 0.25) is 0 Å². The monoisotopic (exact) mass is 316 g/mol. The first-order valence-corrected chi connectivity index (χ1v) is 7.60. The first kappa shape index (κ1) is 15.5. The number of methoxy groups -OCH3 is 1. The van der Waals surface area contributed by atoms with Gasteiger partial charge in [0.25, 0.3) is 0 Å². The number of nitrogens with two attached hydrogens (primary N) is 1. The molecule has 7 heteroatoms. The fourth-order valence-corrected chi connectivity index (χ4v) is 3.05. The van der Waals surface area contributed by atoms with Gasteiger partial charge in [-0.3, -0.25) is 9.36 Å². The number of carboxylic acid groups (broad SMARTS) is 1. The molecule has 7 nitrogen and oxygen atoms in total. The molecular formula is C16H20N4O3. The van der Waals surface area contributed by atoms with E-state index in [1.54, 1.807) is 42.5 Å². The van der Waals surface area contributed by atoms with Gasteiger partial charge in [0.1, 0.15) is 23.3 Å². The summed E-state index contributed by atoms with van der Waals surface area (Å²) < 4.78 is 6.82. The Kier molecular flexibility index (Phi) is 4.04. The quantitative estimate of drug-likeness (QED) is 0.799. The van der Waals surface area contributed by atoms with Crippen molar-refractivity contribution < 1.29 is 14.6 Å². The van der Waals surface area contributed by atoms with Crippen LogP contribution in [0.1, 0.15) is 25.0 Å². The molecule has 0 aliphatic heterocycles. The van der Waals surface area contributed by atoms with E-state index in [-0.39, 0.29) is 5.92 Å². The number of aromatic nitrogens is 3. The maximum absolute atomic E-state index is 11.8. The lowest BCUT2D eigenvalue weighted by Gasteiger charge is -2.09. The molecule has 1 aliphatic rings. The standard InChI is InChI=1S/C16H20N4O3/c1-23-12-4-5-14(18-8-12)20-9-13(19-10-20)16(15(21)22)7-11(16)3-2-6-17/h4-5,8-11H,2-3,6-7,17H2,1H3,(H,21,22)/t11?,16-/m0/s1. The smallest absolute Gasteiger partial charge is 0.316 e. The summed E-state index contributed by atoms with van der Waals surface area (Å²) >= 11 is 0. The van der Waals surface area contributed by atoms with Crippen molar-refractivity contribution in [3.8, 4) is 11.6 Å². The van der Waals surface area contributed by atoms with Crippen LogP contribution in [0.25, 0.3) is 5.82 Å². The minimum absolute atomic E-state index is 0.107. The second-order valence-corrected chi connectivity index (χ2v) is 5.83. The molecule has 1 unspecified atom stereocenters. The number of ether oxygens (including phenoxy) is 1. The second kappa shape index (κ2) is 6.00. The van der Waals surface area contributed by atoms with Gasteiger partial charge in [0.05, 0.1) is 19.0 Å². The van der Waals surface area contributed by atoms with Gasteiger partial charge >= 0.3 is 5.97 Å². The van der Waals surface area contributed by atoms with Crippen molar-refractivity contribution in [3.05, 3.63) is 36.5 Å². The Morgan fingerprint density at radius 2 is 2.35 bits per heavy atom. The summed E-state index contributed by atoms with van der Waals surface area (Å²) in [6.45, 7) is 0.580. The van der Waals surface area contributed by atoms with Crippen molar-refractivity contribution in [1.82, 2.24) is 14.5 Å². The molecule has 1 saturated carbocycles.